The van der Waals surface area contributed by atoms with E-state index >= 15 is 0 Å². The van der Waals surface area contributed by atoms with Gasteiger partial charge in [-0.3, -0.25) is 5.32 Å². The van der Waals surface area contributed by atoms with Crippen molar-refractivity contribution in [2.24, 2.45) is 0 Å². The highest BCUT2D eigenvalue weighted by Gasteiger charge is 2.43. The molecular formula is C26H23Br2NO3S. The van der Waals surface area contributed by atoms with Gasteiger partial charge in [0.25, 0.3) is 0 Å². The van der Waals surface area contributed by atoms with Crippen molar-refractivity contribution in [1.82, 2.24) is 5.32 Å². The van der Waals surface area contributed by atoms with E-state index in [2.05, 4.69) is 37.2 Å². The van der Waals surface area contributed by atoms with Crippen LogP contribution in [0.4, 0.5) is 0 Å². The van der Waals surface area contributed by atoms with Gasteiger partial charge in [-0.15, -0.1) is 11.8 Å². The van der Waals surface area contributed by atoms with Crippen molar-refractivity contribution in [3.05, 3.63) is 110 Å². The molecule has 0 bridgehead atoms. The zero-order valence-corrected chi connectivity index (χ0v) is 21.9. The number of aliphatic hydroxyl groups is 1. The molecule has 3 aromatic carbocycles. The van der Waals surface area contributed by atoms with Gasteiger partial charge in [-0.25, -0.2) is 4.79 Å². The zero-order chi connectivity index (χ0) is 23.4. The molecule has 0 saturated heterocycles. The van der Waals surface area contributed by atoms with Crippen LogP contribution in [0.25, 0.3) is 0 Å². The van der Waals surface area contributed by atoms with E-state index in [0.29, 0.717) is 0 Å². The molecule has 7 heteroatoms. The molecule has 33 heavy (non-hydrogen) atoms. The number of halogens is 2. The van der Waals surface area contributed by atoms with Gasteiger partial charge in [0, 0.05) is 13.8 Å². The van der Waals surface area contributed by atoms with Gasteiger partial charge < -0.3 is 9.84 Å². The summed E-state index contributed by atoms with van der Waals surface area (Å²) in [4.78, 5) is 14.1. The van der Waals surface area contributed by atoms with Gasteiger partial charge in [0.2, 0.25) is 0 Å². The SMILES string of the molecule is CCOC(=O)C1=C(O)[C@H](Sc2ccccc2)[C@H](c2ccccc2Br)N[C@@H]1c1ccccc1Br. The van der Waals surface area contributed by atoms with Crippen LogP contribution in [-0.2, 0) is 9.53 Å². The lowest BCUT2D eigenvalue weighted by Crippen LogP contribution is -2.43. The van der Waals surface area contributed by atoms with Crippen LogP contribution in [-0.4, -0.2) is 22.9 Å². The standard InChI is InChI=1S/C26H23Br2NO3S/c1-2-32-26(31)21-22(17-12-6-8-14-19(17)27)29-23(18-13-7-9-15-20(18)28)25(24(21)30)33-16-10-4-3-5-11-16/h3-15,22-23,25,29-30H,2H2,1H3/t22-,23+,25-/m1/s1. The molecule has 2 N–H and O–H groups in total. The minimum absolute atomic E-state index is 0.0301. The molecule has 3 aromatic rings. The van der Waals surface area contributed by atoms with Gasteiger partial charge in [0.05, 0.1) is 29.5 Å². The van der Waals surface area contributed by atoms with E-state index in [9.17, 15) is 9.90 Å². The number of esters is 1. The maximum absolute atomic E-state index is 13.1. The van der Waals surface area contributed by atoms with Crippen LogP contribution in [0.1, 0.15) is 30.1 Å². The van der Waals surface area contributed by atoms with Crippen molar-refractivity contribution in [1.29, 1.82) is 0 Å². The van der Waals surface area contributed by atoms with E-state index in [-0.39, 0.29) is 24.0 Å². The van der Waals surface area contributed by atoms with Gasteiger partial charge in [-0.1, -0.05) is 86.5 Å². The first-order chi connectivity index (χ1) is 16.0. The summed E-state index contributed by atoms with van der Waals surface area (Å²) in [7, 11) is 0. The Morgan fingerprint density at radius 2 is 1.52 bits per heavy atom. The van der Waals surface area contributed by atoms with Gasteiger partial charge in [0.15, 0.2) is 0 Å². The molecule has 1 aliphatic rings. The molecule has 1 aliphatic heterocycles. The minimum atomic E-state index is -0.552. The third-order valence-electron chi connectivity index (χ3n) is 5.44. The summed E-state index contributed by atoms with van der Waals surface area (Å²) >= 11 is 8.81. The summed E-state index contributed by atoms with van der Waals surface area (Å²) in [5.74, 6) is -0.491. The van der Waals surface area contributed by atoms with Crippen molar-refractivity contribution in [2.75, 3.05) is 6.61 Å². The Kier molecular flexibility index (Phi) is 7.96. The Bertz CT molecular complexity index is 1170. The average Bonchev–Trinajstić information content (AvgIpc) is 2.82. The highest BCUT2D eigenvalue weighted by atomic mass is 79.9. The Balaban J connectivity index is 1.89. The number of carbonyl (C=O) groups excluding carboxylic acids is 1. The van der Waals surface area contributed by atoms with Crippen LogP contribution in [0.5, 0.6) is 0 Å². The molecule has 1 heterocycles. The number of thioether (sulfide) groups is 1. The highest BCUT2D eigenvalue weighted by Crippen LogP contribution is 2.46. The van der Waals surface area contributed by atoms with Crippen molar-refractivity contribution in [3.63, 3.8) is 0 Å². The Morgan fingerprint density at radius 3 is 2.12 bits per heavy atom. The van der Waals surface area contributed by atoms with Crippen LogP contribution in [0.2, 0.25) is 0 Å². The summed E-state index contributed by atoms with van der Waals surface area (Å²) in [6, 6.07) is 24.7. The number of hydrogen-bond donors (Lipinski definition) is 2. The molecule has 0 aliphatic carbocycles. The van der Waals surface area contributed by atoms with Crippen LogP contribution >= 0.6 is 43.6 Å². The summed E-state index contributed by atoms with van der Waals surface area (Å²) < 4.78 is 7.15. The second kappa shape index (κ2) is 10.9. The fourth-order valence-corrected chi connectivity index (χ4v) is 6.20. The molecule has 0 fully saturated rings. The number of aliphatic hydroxyl groups excluding tert-OH is 1. The molecule has 0 radical (unpaired) electrons. The molecule has 0 aromatic heterocycles. The van der Waals surface area contributed by atoms with Gasteiger partial charge in [-0.05, 0) is 42.3 Å². The molecule has 0 amide bonds. The second-order valence-corrected chi connectivity index (χ2v) is 10.4. The Morgan fingerprint density at radius 1 is 0.939 bits per heavy atom. The van der Waals surface area contributed by atoms with Crippen molar-refractivity contribution in [2.45, 2.75) is 29.2 Å². The average molecular weight is 589 g/mol. The smallest absolute Gasteiger partial charge is 0.339 e. The van der Waals surface area contributed by atoms with Crippen LogP contribution in [0.3, 0.4) is 0 Å². The summed E-state index contributed by atoms with van der Waals surface area (Å²) in [6.07, 6.45) is 0. The van der Waals surface area contributed by atoms with Gasteiger partial charge in [-0.2, -0.15) is 0 Å². The van der Waals surface area contributed by atoms with E-state index in [4.69, 9.17) is 4.74 Å². The molecular weight excluding hydrogens is 566 g/mol. The first-order valence-electron chi connectivity index (χ1n) is 10.6. The first-order valence-corrected chi connectivity index (χ1v) is 13.0. The quantitative estimate of drug-likeness (QED) is 0.300. The summed E-state index contributed by atoms with van der Waals surface area (Å²) in [5, 5.41) is 14.8. The van der Waals surface area contributed by atoms with Crippen LogP contribution < -0.4 is 5.32 Å². The first kappa shape index (κ1) is 24.1. The largest absolute Gasteiger partial charge is 0.510 e. The molecule has 4 nitrogen and oxygen atoms in total. The number of nitrogens with one attached hydrogen (secondary N) is 1. The normalized spacial score (nSPS) is 20.5. The van der Waals surface area contributed by atoms with Crippen molar-refractivity contribution in [3.8, 4) is 0 Å². The lowest BCUT2D eigenvalue weighted by molar-refractivity contribution is -0.139. The maximum atomic E-state index is 13.1. The molecule has 3 atom stereocenters. The van der Waals surface area contributed by atoms with Crippen molar-refractivity contribution >= 4 is 49.6 Å². The van der Waals surface area contributed by atoms with Crippen LogP contribution in [0, 0.1) is 0 Å². The molecule has 0 saturated carbocycles. The predicted molar refractivity (Wildman–Crippen MR) is 139 cm³/mol. The van der Waals surface area contributed by atoms with E-state index in [1.165, 1.54) is 11.8 Å². The van der Waals surface area contributed by atoms with Crippen molar-refractivity contribution < 1.29 is 14.6 Å². The molecule has 0 spiro atoms. The number of ether oxygens (including phenoxy) is 1. The van der Waals surface area contributed by atoms with E-state index in [1.807, 2.05) is 78.9 Å². The molecule has 0 unspecified atom stereocenters. The monoisotopic (exact) mass is 587 g/mol. The number of rotatable bonds is 6. The zero-order valence-electron chi connectivity index (χ0n) is 17.9. The summed E-state index contributed by atoms with van der Waals surface area (Å²) in [5.41, 5.74) is 2.09. The maximum Gasteiger partial charge on any atom is 0.339 e. The minimum Gasteiger partial charge on any atom is -0.510 e. The van der Waals surface area contributed by atoms with E-state index in [1.54, 1.807) is 6.92 Å². The van der Waals surface area contributed by atoms with E-state index < -0.39 is 17.3 Å². The van der Waals surface area contributed by atoms with E-state index in [0.717, 1.165) is 25.0 Å². The van der Waals surface area contributed by atoms with Crippen LogP contribution in [0.15, 0.2) is 104 Å². The van der Waals surface area contributed by atoms with Gasteiger partial charge in [0.1, 0.15) is 5.76 Å². The lowest BCUT2D eigenvalue weighted by Gasteiger charge is -2.38. The predicted octanol–water partition coefficient (Wildman–Crippen LogP) is 7.13. The highest BCUT2D eigenvalue weighted by molar-refractivity contribution is 9.10. The number of hydrogen-bond acceptors (Lipinski definition) is 5. The molecule has 4 rings (SSSR count). The lowest BCUT2D eigenvalue weighted by atomic mass is 9.88. The second-order valence-electron chi connectivity index (χ2n) is 7.49. The van der Waals surface area contributed by atoms with Gasteiger partial charge >= 0.3 is 5.97 Å². The number of carbonyl (C=O) groups is 1. The Labute approximate surface area is 214 Å². The third-order valence-corrected chi connectivity index (χ3v) is 8.18. The molecule has 170 valence electrons. The fraction of sp³-hybridized carbons (Fsp3) is 0.192. The number of benzene rings is 3. The topological polar surface area (TPSA) is 58.6 Å². The third kappa shape index (κ3) is 5.22. The Hall–Kier alpha value is -2.06. The summed E-state index contributed by atoms with van der Waals surface area (Å²) in [6.45, 7) is 1.99. The fourth-order valence-electron chi connectivity index (χ4n) is 3.94.